The van der Waals surface area contributed by atoms with Crippen molar-refractivity contribution in [2.24, 2.45) is 5.92 Å². The normalized spacial score (nSPS) is 17.2. The third-order valence-electron chi connectivity index (χ3n) is 2.71. The van der Waals surface area contributed by atoms with Crippen LogP contribution in [0.15, 0.2) is 18.2 Å². The molecule has 0 N–H and O–H groups in total. The van der Waals surface area contributed by atoms with Crippen LogP contribution in [0.1, 0.15) is 23.2 Å². The maximum absolute atomic E-state index is 12.9. The largest absolute Gasteiger partial charge is 0.373 e. The number of halogens is 2. The number of carbonyl (C=O) groups excluding carboxylic acids is 1. The first-order chi connectivity index (χ1) is 7.61. The molecule has 0 heterocycles. The fourth-order valence-corrected chi connectivity index (χ4v) is 1.77. The van der Waals surface area contributed by atoms with Crippen molar-refractivity contribution >= 4 is 5.78 Å². The Morgan fingerprint density at radius 1 is 1.31 bits per heavy atom. The first kappa shape index (κ1) is 11.2. The zero-order valence-corrected chi connectivity index (χ0v) is 8.87. The van der Waals surface area contributed by atoms with Crippen molar-refractivity contribution in [3.63, 3.8) is 0 Å². The second-order valence-electron chi connectivity index (χ2n) is 4.02. The molecule has 4 heteroatoms. The van der Waals surface area contributed by atoms with Gasteiger partial charge in [-0.1, -0.05) is 0 Å². The van der Waals surface area contributed by atoms with Crippen LogP contribution in [0.4, 0.5) is 8.78 Å². The molecule has 1 fully saturated rings. The minimum atomic E-state index is -0.742. The zero-order chi connectivity index (χ0) is 11.7. The second-order valence-corrected chi connectivity index (χ2v) is 4.02. The van der Waals surface area contributed by atoms with Gasteiger partial charge in [0, 0.05) is 18.7 Å². The van der Waals surface area contributed by atoms with E-state index < -0.39 is 17.7 Å². The number of ether oxygens (including phenoxy) is 1. The molecule has 1 aliphatic carbocycles. The van der Waals surface area contributed by atoms with Crippen LogP contribution in [-0.4, -0.2) is 19.0 Å². The van der Waals surface area contributed by atoms with Gasteiger partial charge in [-0.25, -0.2) is 8.78 Å². The summed E-state index contributed by atoms with van der Waals surface area (Å²) >= 11 is 0. The SMILES string of the molecule is COC(C(=O)c1cc(F)cc(F)c1)C1CC1. The summed E-state index contributed by atoms with van der Waals surface area (Å²) in [5.41, 5.74) is 0.0382. The standard InChI is InChI=1S/C12H12F2O2/c1-16-12(7-2-3-7)11(15)8-4-9(13)6-10(14)5-8/h4-7,12H,2-3H2,1H3. The number of Topliss-reactive ketones (excluding diaryl/α,β-unsaturated/α-hetero) is 1. The molecule has 1 aliphatic rings. The number of hydrogen-bond donors (Lipinski definition) is 0. The molecule has 2 rings (SSSR count). The molecule has 0 bridgehead atoms. The summed E-state index contributed by atoms with van der Waals surface area (Å²) in [6, 6.07) is 2.83. The van der Waals surface area contributed by atoms with Crippen LogP contribution in [0.3, 0.4) is 0 Å². The van der Waals surface area contributed by atoms with E-state index in [1.54, 1.807) is 0 Å². The lowest BCUT2D eigenvalue weighted by atomic mass is 10.0. The maximum atomic E-state index is 12.9. The topological polar surface area (TPSA) is 26.3 Å². The van der Waals surface area contributed by atoms with Crippen LogP contribution in [0.25, 0.3) is 0 Å². The fourth-order valence-electron chi connectivity index (χ4n) is 1.77. The van der Waals surface area contributed by atoms with Crippen molar-refractivity contribution in [3.8, 4) is 0 Å². The van der Waals surface area contributed by atoms with Gasteiger partial charge in [0.25, 0.3) is 0 Å². The van der Waals surface area contributed by atoms with Gasteiger partial charge in [0.15, 0.2) is 5.78 Å². The van der Waals surface area contributed by atoms with Gasteiger partial charge >= 0.3 is 0 Å². The molecule has 16 heavy (non-hydrogen) atoms. The molecule has 1 aromatic carbocycles. The molecule has 1 unspecified atom stereocenters. The minimum Gasteiger partial charge on any atom is -0.373 e. The van der Waals surface area contributed by atoms with Crippen LogP contribution in [-0.2, 0) is 4.74 Å². The van der Waals surface area contributed by atoms with Crippen LogP contribution in [0, 0.1) is 17.6 Å². The highest BCUT2D eigenvalue weighted by molar-refractivity contribution is 5.99. The highest BCUT2D eigenvalue weighted by Crippen LogP contribution is 2.35. The van der Waals surface area contributed by atoms with Gasteiger partial charge in [-0.2, -0.15) is 0 Å². The van der Waals surface area contributed by atoms with Crippen molar-refractivity contribution in [1.29, 1.82) is 0 Å². The van der Waals surface area contributed by atoms with Gasteiger partial charge in [0.1, 0.15) is 17.7 Å². The first-order valence-corrected chi connectivity index (χ1v) is 5.15. The molecule has 86 valence electrons. The summed E-state index contributed by atoms with van der Waals surface area (Å²) in [4.78, 5) is 11.9. The molecule has 0 aromatic heterocycles. The van der Waals surface area contributed by atoms with E-state index in [1.807, 2.05) is 0 Å². The van der Waals surface area contributed by atoms with Gasteiger partial charge in [-0.3, -0.25) is 4.79 Å². The van der Waals surface area contributed by atoms with Crippen LogP contribution in [0.2, 0.25) is 0 Å². The highest BCUT2D eigenvalue weighted by Gasteiger charge is 2.36. The molecule has 0 aliphatic heterocycles. The van der Waals surface area contributed by atoms with E-state index in [4.69, 9.17) is 4.74 Å². The van der Waals surface area contributed by atoms with E-state index in [9.17, 15) is 13.6 Å². The van der Waals surface area contributed by atoms with Crippen molar-refractivity contribution in [2.75, 3.05) is 7.11 Å². The van der Waals surface area contributed by atoms with E-state index in [1.165, 1.54) is 7.11 Å². The maximum Gasteiger partial charge on any atom is 0.192 e. The van der Waals surface area contributed by atoms with Gasteiger partial charge in [-0.05, 0) is 30.9 Å². The Morgan fingerprint density at radius 3 is 2.31 bits per heavy atom. The molecule has 0 spiro atoms. The summed E-state index contributed by atoms with van der Waals surface area (Å²) in [6.07, 6.45) is 1.30. The molecule has 0 radical (unpaired) electrons. The van der Waals surface area contributed by atoms with Gasteiger partial charge in [0.2, 0.25) is 0 Å². The Morgan fingerprint density at radius 2 is 1.88 bits per heavy atom. The molecular weight excluding hydrogens is 214 g/mol. The Labute approximate surface area is 92.2 Å². The van der Waals surface area contributed by atoms with Crippen molar-refractivity contribution in [3.05, 3.63) is 35.4 Å². The number of benzene rings is 1. The summed E-state index contributed by atoms with van der Waals surface area (Å²) in [7, 11) is 1.44. The van der Waals surface area contributed by atoms with E-state index in [2.05, 4.69) is 0 Å². The van der Waals surface area contributed by atoms with E-state index in [-0.39, 0.29) is 17.3 Å². The summed E-state index contributed by atoms with van der Waals surface area (Å²) < 4.78 is 31.0. The Kier molecular flexibility index (Phi) is 3.01. The van der Waals surface area contributed by atoms with E-state index >= 15 is 0 Å². The molecule has 0 amide bonds. The molecule has 0 saturated heterocycles. The second kappa shape index (κ2) is 4.29. The van der Waals surface area contributed by atoms with Crippen molar-refractivity contribution < 1.29 is 18.3 Å². The summed E-state index contributed by atoms with van der Waals surface area (Å²) in [5, 5.41) is 0. The predicted octanol–water partition coefficient (Wildman–Crippen LogP) is 2.57. The smallest absolute Gasteiger partial charge is 0.192 e. The van der Waals surface area contributed by atoms with Gasteiger partial charge in [0.05, 0.1) is 0 Å². The fraction of sp³-hybridized carbons (Fsp3) is 0.417. The average molecular weight is 226 g/mol. The first-order valence-electron chi connectivity index (χ1n) is 5.15. The lowest BCUT2D eigenvalue weighted by Crippen LogP contribution is -2.25. The van der Waals surface area contributed by atoms with Crippen LogP contribution >= 0.6 is 0 Å². The lowest BCUT2D eigenvalue weighted by Gasteiger charge is -2.13. The Bertz CT molecular complexity index is 393. The Balaban J connectivity index is 2.24. The lowest BCUT2D eigenvalue weighted by molar-refractivity contribution is 0.0539. The zero-order valence-electron chi connectivity index (χ0n) is 8.87. The van der Waals surface area contributed by atoms with Gasteiger partial charge in [-0.15, -0.1) is 0 Å². The number of hydrogen-bond acceptors (Lipinski definition) is 2. The summed E-state index contributed by atoms with van der Waals surface area (Å²) in [5.74, 6) is -1.63. The number of rotatable bonds is 4. The summed E-state index contributed by atoms with van der Waals surface area (Å²) in [6.45, 7) is 0. The molecule has 1 saturated carbocycles. The Hall–Kier alpha value is -1.29. The highest BCUT2D eigenvalue weighted by atomic mass is 19.1. The average Bonchev–Trinajstić information content (AvgIpc) is 3.01. The predicted molar refractivity (Wildman–Crippen MR) is 54.2 cm³/mol. The minimum absolute atomic E-state index is 0.0382. The molecule has 1 atom stereocenters. The molecule has 2 nitrogen and oxygen atoms in total. The van der Waals surface area contributed by atoms with Gasteiger partial charge < -0.3 is 4.74 Å². The quantitative estimate of drug-likeness (QED) is 0.737. The number of ketones is 1. The van der Waals surface area contributed by atoms with Crippen LogP contribution in [0.5, 0.6) is 0 Å². The van der Waals surface area contributed by atoms with Crippen molar-refractivity contribution in [1.82, 2.24) is 0 Å². The third-order valence-corrected chi connectivity index (χ3v) is 2.71. The third kappa shape index (κ3) is 2.27. The molecule has 1 aromatic rings. The monoisotopic (exact) mass is 226 g/mol. The number of methoxy groups -OCH3 is 1. The van der Waals surface area contributed by atoms with E-state index in [0.29, 0.717) is 0 Å². The number of carbonyl (C=O) groups is 1. The van der Waals surface area contributed by atoms with E-state index in [0.717, 1.165) is 31.0 Å². The molecular formula is C12H12F2O2. The van der Waals surface area contributed by atoms with Crippen molar-refractivity contribution in [2.45, 2.75) is 18.9 Å². The van der Waals surface area contributed by atoms with Crippen LogP contribution < -0.4 is 0 Å².